The molecule has 1 saturated heterocycles. The summed E-state index contributed by atoms with van der Waals surface area (Å²) in [6.07, 6.45) is 10.6. The predicted molar refractivity (Wildman–Crippen MR) is 137 cm³/mol. The van der Waals surface area contributed by atoms with E-state index in [1.165, 1.54) is 0 Å². The number of aliphatic carboxylic acids is 1. The summed E-state index contributed by atoms with van der Waals surface area (Å²) in [6, 6.07) is 0. The number of carbonyl (C=O) groups is 2. The lowest BCUT2D eigenvalue weighted by molar-refractivity contribution is -0.873. The third-order valence-corrected chi connectivity index (χ3v) is 5.75. The van der Waals surface area contributed by atoms with Gasteiger partial charge in [-0.2, -0.15) is 0 Å². The molecule has 36 heavy (non-hydrogen) atoms. The number of carboxylic acid groups (broad SMARTS) is 1. The number of unbranched alkanes of at least 4 members (excludes halogenated alkanes) is 1. The standard InChI is InChI=1S/C27H45NO8/c1-5-6-9-12-20(29)15-16-24-22(23(30)18-27(34)36-24)13-10-7-8-11-14-26(33)35-21(17-25(31)32)19-28(2,3)4/h6-7,9-10,15-16,20-24,27,29-30,34H,5,8,11-14,17-19H2,1-4H3/p+1/b9-6+,10-7+,16-15+. The SMILES string of the molecule is CC/C=C/CC(O)/C=C/C1OC(O)CC(O)C1C/C=C/CCCC(=O)OC(CC(=O)O)C[N+](C)(C)C. The molecule has 1 rings (SSSR count). The summed E-state index contributed by atoms with van der Waals surface area (Å²) < 4.78 is 11.5. The highest BCUT2D eigenvalue weighted by Crippen LogP contribution is 2.29. The number of hydrogen-bond acceptors (Lipinski definition) is 7. The third-order valence-electron chi connectivity index (χ3n) is 5.75. The summed E-state index contributed by atoms with van der Waals surface area (Å²) in [5, 5.41) is 39.5. The highest BCUT2D eigenvalue weighted by molar-refractivity contribution is 5.71. The van der Waals surface area contributed by atoms with Crippen LogP contribution in [0.1, 0.15) is 58.3 Å². The number of allylic oxidation sites excluding steroid dienone is 3. The Hall–Kier alpha value is -2.04. The molecule has 9 heteroatoms. The monoisotopic (exact) mass is 512 g/mol. The molecule has 0 aromatic rings. The molecular weight excluding hydrogens is 466 g/mol. The molecule has 1 aliphatic rings. The summed E-state index contributed by atoms with van der Waals surface area (Å²) in [5.74, 6) is -1.68. The number of quaternary nitrogens is 1. The average molecular weight is 513 g/mol. The van der Waals surface area contributed by atoms with Crippen molar-refractivity contribution in [3.63, 3.8) is 0 Å². The Morgan fingerprint density at radius 2 is 1.86 bits per heavy atom. The zero-order chi connectivity index (χ0) is 27.1. The molecule has 1 heterocycles. The van der Waals surface area contributed by atoms with E-state index in [0.717, 1.165) is 6.42 Å². The van der Waals surface area contributed by atoms with Crippen molar-refractivity contribution in [2.45, 2.75) is 89.0 Å². The number of aliphatic hydroxyl groups excluding tert-OH is 3. The second-order valence-electron chi connectivity index (χ2n) is 10.4. The Morgan fingerprint density at radius 1 is 1.14 bits per heavy atom. The van der Waals surface area contributed by atoms with Gasteiger partial charge < -0.3 is 34.4 Å². The van der Waals surface area contributed by atoms with Crippen molar-refractivity contribution in [3.05, 3.63) is 36.5 Å². The number of carbonyl (C=O) groups excluding carboxylic acids is 1. The number of nitrogens with zero attached hydrogens (tertiary/aromatic N) is 1. The van der Waals surface area contributed by atoms with E-state index in [2.05, 4.69) is 0 Å². The first-order valence-corrected chi connectivity index (χ1v) is 12.8. The Morgan fingerprint density at radius 3 is 2.50 bits per heavy atom. The van der Waals surface area contributed by atoms with Crippen LogP contribution in [0.2, 0.25) is 0 Å². The van der Waals surface area contributed by atoms with Gasteiger partial charge in [0.2, 0.25) is 0 Å². The highest BCUT2D eigenvalue weighted by Gasteiger charge is 2.35. The van der Waals surface area contributed by atoms with E-state index in [0.29, 0.717) is 36.7 Å². The van der Waals surface area contributed by atoms with Crippen molar-refractivity contribution >= 4 is 11.9 Å². The van der Waals surface area contributed by atoms with Crippen LogP contribution < -0.4 is 0 Å². The predicted octanol–water partition coefficient (Wildman–Crippen LogP) is 2.55. The number of rotatable bonds is 16. The van der Waals surface area contributed by atoms with Crippen LogP contribution in [0.4, 0.5) is 0 Å². The molecule has 1 aliphatic heterocycles. The van der Waals surface area contributed by atoms with E-state index in [1.54, 1.807) is 12.2 Å². The fraction of sp³-hybridized carbons (Fsp3) is 0.704. The summed E-state index contributed by atoms with van der Waals surface area (Å²) in [4.78, 5) is 23.2. The molecule has 0 aromatic carbocycles. The first kappa shape index (κ1) is 32.0. The van der Waals surface area contributed by atoms with Crippen molar-refractivity contribution in [2.75, 3.05) is 27.7 Å². The molecule has 0 spiro atoms. The van der Waals surface area contributed by atoms with Crippen LogP contribution >= 0.6 is 0 Å². The number of esters is 1. The first-order chi connectivity index (χ1) is 16.9. The van der Waals surface area contributed by atoms with E-state index < -0.39 is 42.6 Å². The molecule has 0 aromatic heterocycles. The molecular formula is C27H46NO8+. The molecule has 0 radical (unpaired) electrons. The Labute approximate surface area is 215 Å². The van der Waals surface area contributed by atoms with Crippen LogP contribution in [0.5, 0.6) is 0 Å². The van der Waals surface area contributed by atoms with E-state index in [-0.39, 0.29) is 25.2 Å². The first-order valence-electron chi connectivity index (χ1n) is 12.8. The van der Waals surface area contributed by atoms with Crippen LogP contribution in [-0.4, -0.2) is 95.2 Å². The zero-order valence-corrected chi connectivity index (χ0v) is 22.2. The number of carboxylic acids is 1. The van der Waals surface area contributed by atoms with Gasteiger partial charge in [-0.3, -0.25) is 9.59 Å². The number of ether oxygens (including phenoxy) is 2. The van der Waals surface area contributed by atoms with Crippen LogP contribution in [0.15, 0.2) is 36.5 Å². The van der Waals surface area contributed by atoms with Gasteiger partial charge in [-0.1, -0.05) is 43.4 Å². The third kappa shape index (κ3) is 14.5. The lowest BCUT2D eigenvalue weighted by atomic mass is 9.87. The van der Waals surface area contributed by atoms with Crippen LogP contribution in [0.3, 0.4) is 0 Å². The Bertz CT molecular complexity index is 743. The molecule has 6 atom stereocenters. The minimum absolute atomic E-state index is 0.126. The molecule has 0 saturated carbocycles. The van der Waals surface area contributed by atoms with Crippen molar-refractivity contribution in [2.24, 2.45) is 5.92 Å². The van der Waals surface area contributed by atoms with Crippen LogP contribution in [-0.2, 0) is 19.1 Å². The molecule has 6 unspecified atom stereocenters. The van der Waals surface area contributed by atoms with Gasteiger partial charge in [-0.05, 0) is 32.1 Å². The molecule has 9 nitrogen and oxygen atoms in total. The summed E-state index contributed by atoms with van der Waals surface area (Å²) in [6.45, 7) is 2.44. The minimum atomic E-state index is -1.06. The van der Waals surface area contributed by atoms with E-state index in [1.807, 2.05) is 52.4 Å². The minimum Gasteiger partial charge on any atom is -0.481 e. The summed E-state index contributed by atoms with van der Waals surface area (Å²) in [5.41, 5.74) is 0. The van der Waals surface area contributed by atoms with Gasteiger partial charge in [0.15, 0.2) is 12.4 Å². The number of likely N-dealkylation sites (N-methyl/N-ethyl adjacent to an activating group) is 1. The average Bonchev–Trinajstić information content (AvgIpc) is 2.74. The van der Waals surface area contributed by atoms with Gasteiger partial charge in [0.1, 0.15) is 6.54 Å². The maximum atomic E-state index is 12.2. The van der Waals surface area contributed by atoms with Gasteiger partial charge in [-0.15, -0.1) is 0 Å². The zero-order valence-electron chi connectivity index (χ0n) is 22.2. The Kier molecular flexibility index (Phi) is 14.8. The van der Waals surface area contributed by atoms with E-state index >= 15 is 0 Å². The topological polar surface area (TPSA) is 134 Å². The lowest BCUT2D eigenvalue weighted by Crippen LogP contribution is -2.43. The lowest BCUT2D eigenvalue weighted by Gasteiger charge is -2.36. The second-order valence-corrected chi connectivity index (χ2v) is 10.4. The quantitative estimate of drug-likeness (QED) is 0.107. The summed E-state index contributed by atoms with van der Waals surface area (Å²) in [7, 11) is 5.74. The number of hydrogen-bond donors (Lipinski definition) is 4. The molecule has 0 bridgehead atoms. The van der Waals surface area contributed by atoms with Crippen molar-refractivity contribution in [1.82, 2.24) is 0 Å². The smallest absolute Gasteiger partial charge is 0.307 e. The molecule has 0 amide bonds. The second kappa shape index (κ2) is 16.7. The van der Waals surface area contributed by atoms with Crippen molar-refractivity contribution < 1.29 is 44.0 Å². The van der Waals surface area contributed by atoms with Gasteiger partial charge in [0.25, 0.3) is 0 Å². The van der Waals surface area contributed by atoms with E-state index in [4.69, 9.17) is 14.6 Å². The summed E-state index contributed by atoms with van der Waals surface area (Å²) >= 11 is 0. The Balaban J connectivity index is 2.52. The molecule has 4 N–H and O–H groups in total. The molecule has 0 aliphatic carbocycles. The molecule has 1 fully saturated rings. The van der Waals surface area contributed by atoms with Gasteiger partial charge in [-0.25, -0.2) is 0 Å². The maximum absolute atomic E-state index is 12.2. The fourth-order valence-electron chi connectivity index (χ4n) is 4.07. The molecule has 206 valence electrons. The normalized spacial score (nSPS) is 25.0. The van der Waals surface area contributed by atoms with Crippen molar-refractivity contribution in [1.29, 1.82) is 0 Å². The maximum Gasteiger partial charge on any atom is 0.307 e. The van der Waals surface area contributed by atoms with Gasteiger partial charge in [0.05, 0.1) is 45.9 Å². The van der Waals surface area contributed by atoms with E-state index in [9.17, 15) is 24.9 Å². The van der Waals surface area contributed by atoms with Crippen LogP contribution in [0.25, 0.3) is 0 Å². The van der Waals surface area contributed by atoms with Gasteiger partial charge >= 0.3 is 11.9 Å². The fourth-order valence-corrected chi connectivity index (χ4v) is 4.07. The van der Waals surface area contributed by atoms with Crippen molar-refractivity contribution in [3.8, 4) is 0 Å². The van der Waals surface area contributed by atoms with Crippen LogP contribution in [0, 0.1) is 5.92 Å². The van der Waals surface area contributed by atoms with Gasteiger partial charge in [0, 0.05) is 18.8 Å². The highest BCUT2D eigenvalue weighted by atomic mass is 16.6. The largest absolute Gasteiger partial charge is 0.481 e. The number of aliphatic hydroxyl groups is 3.